The maximum absolute atomic E-state index is 13.2. The lowest BCUT2D eigenvalue weighted by Crippen LogP contribution is -2.54. The summed E-state index contributed by atoms with van der Waals surface area (Å²) in [7, 11) is -0.704. The fourth-order valence-corrected chi connectivity index (χ4v) is 5.97. The average molecular weight is 488 g/mol. The standard InChI is InChI=1S/C24H29N3O4S2/c1-16-14-27(15-17(2)25-16)21-12-20(22(30-3)13-23(21)31-4)26-33(28,29)19-9-7-18(8-10-19)24-6-5-11-32-24/h5-13,16-17,25-26H,14-15H2,1-4H3. The molecule has 2 unspecified atom stereocenters. The predicted octanol–water partition coefficient (Wildman–Crippen LogP) is 4.42. The second-order valence-electron chi connectivity index (χ2n) is 8.21. The Balaban J connectivity index is 1.66. The van der Waals surface area contributed by atoms with E-state index in [4.69, 9.17) is 9.47 Å². The summed E-state index contributed by atoms with van der Waals surface area (Å²) in [5.41, 5.74) is 2.17. The molecule has 1 aliphatic rings. The number of nitrogens with zero attached hydrogens (tertiary/aromatic N) is 1. The van der Waals surface area contributed by atoms with Crippen LogP contribution in [0.1, 0.15) is 13.8 Å². The molecule has 1 aromatic heterocycles. The van der Waals surface area contributed by atoms with E-state index in [1.165, 1.54) is 7.11 Å². The van der Waals surface area contributed by atoms with Gasteiger partial charge in [-0.25, -0.2) is 8.42 Å². The van der Waals surface area contributed by atoms with Crippen molar-refractivity contribution in [1.82, 2.24) is 5.32 Å². The Morgan fingerprint density at radius 1 is 1.00 bits per heavy atom. The first kappa shape index (κ1) is 23.4. The molecule has 0 aliphatic carbocycles. The molecule has 2 aromatic carbocycles. The molecule has 2 N–H and O–H groups in total. The number of piperazine rings is 1. The van der Waals surface area contributed by atoms with E-state index < -0.39 is 10.0 Å². The Bertz CT molecular complexity index is 1190. The minimum absolute atomic E-state index is 0.187. The lowest BCUT2D eigenvalue weighted by atomic mass is 10.1. The Morgan fingerprint density at radius 3 is 2.24 bits per heavy atom. The van der Waals surface area contributed by atoms with E-state index in [0.29, 0.717) is 29.3 Å². The van der Waals surface area contributed by atoms with Crippen LogP contribution in [0.2, 0.25) is 0 Å². The first-order valence-electron chi connectivity index (χ1n) is 10.7. The molecule has 1 saturated heterocycles. The number of hydrogen-bond acceptors (Lipinski definition) is 7. The van der Waals surface area contributed by atoms with Crippen molar-refractivity contribution >= 4 is 32.7 Å². The van der Waals surface area contributed by atoms with Crippen LogP contribution in [-0.2, 0) is 10.0 Å². The predicted molar refractivity (Wildman–Crippen MR) is 134 cm³/mol. The van der Waals surface area contributed by atoms with Crippen LogP contribution in [0.3, 0.4) is 0 Å². The molecule has 0 bridgehead atoms. The zero-order chi connectivity index (χ0) is 23.6. The monoisotopic (exact) mass is 487 g/mol. The van der Waals surface area contributed by atoms with Crippen molar-refractivity contribution in [3.05, 3.63) is 53.9 Å². The third-order valence-electron chi connectivity index (χ3n) is 5.61. The first-order chi connectivity index (χ1) is 15.8. The summed E-state index contributed by atoms with van der Waals surface area (Å²) in [6.45, 7) is 5.82. The van der Waals surface area contributed by atoms with Crippen LogP contribution in [-0.4, -0.2) is 47.8 Å². The molecule has 33 heavy (non-hydrogen) atoms. The van der Waals surface area contributed by atoms with Gasteiger partial charge in [-0.3, -0.25) is 4.72 Å². The molecule has 176 valence electrons. The third-order valence-corrected chi connectivity index (χ3v) is 7.91. The highest BCUT2D eigenvalue weighted by molar-refractivity contribution is 7.92. The van der Waals surface area contributed by atoms with Gasteiger partial charge in [0.2, 0.25) is 0 Å². The van der Waals surface area contributed by atoms with Crippen molar-refractivity contribution < 1.29 is 17.9 Å². The van der Waals surface area contributed by atoms with Crippen molar-refractivity contribution in [2.45, 2.75) is 30.8 Å². The van der Waals surface area contributed by atoms with Crippen LogP contribution >= 0.6 is 11.3 Å². The van der Waals surface area contributed by atoms with Gasteiger partial charge >= 0.3 is 0 Å². The quantitative estimate of drug-likeness (QED) is 0.514. The molecule has 7 nitrogen and oxygen atoms in total. The number of sulfonamides is 1. The summed E-state index contributed by atoms with van der Waals surface area (Å²) in [5, 5.41) is 5.50. The molecule has 4 rings (SSSR count). The van der Waals surface area contributed by atoms with E-state index in [9.17, 15) is 8.42 Å². The molecule has 2 atom stereocenters. The Kier molecular flexibility index (Phi) is 6.83. The number of thiophene rings is 1. The van der Waals surface area contributed by atoms with Gasteiger partial charge in [0.25, 0.3) is 10.0 Å². The number of anilines is 2. The van der Waals surface area contributed by atoms with E-state index in [2.05, 4.69) is 28.8 Å². The lowest BCUT2D eigenvalue weighted by Gasteiger charge is -2.38. The second-order valence-corrected chi connectivity index (χ2v) is 10.8. The van der Waals surface area contributed by atoms with E-state index in [0.717, 1.165) is 29.2 Å². The van der Waals surface area contributed by atoms with E-state index in [1.54, 1.807) is 42.7 Å². The topological polar surface area (TPSA) is 79.9 Å². The zero-order valence-electron chi connectivity index (χ0n) is 19.2. The first-order valence-corrected chi connectivity index (χ1v) is 13.1. The van der Waals surface area contributed by atoms with Gasteiger partial charge in [0.1, 0.15) is 11.5 Å². The van der Waals surface area contributed by atoms with Crippen molar-refractivity contribution in [1.29, 1.82) is 0 Å². The van der Waals surface area contributed by atoms with Crippen LogP contribution in [0.15, 0.2) is 58.8 Å². The highest BCUT2D eigenvalue weighted by atomic mass is 32.2. The average Bonchev–Trinajstić information content (AvgIpc) is 3.33. The van der Waals surface area contributed by atoms with Gasteiger partial charge < -0.3 is 19.7 Å². The molecule has 2 heterocycles. The molecule has 1 fully saturated rings. The summed E-state index contributed by atoms with van der Waals surface area (Å²) in [6, 6.07) is 15.0. The van der Waals surface area contributed by atoms with Gasteiger partial charge in [-0.05, 0) is 49.1 Å². The molecule has 0 saturated carbocycles. The highest BCUT2D eigenvalue weighted by Crippen LogP contribution is 2.40. The van der Waals surface area contributed by atoms with Crippen LogP contribution < -0.4 is 24.4 Å². The van der Waals surface area contributed by atoms with Crippen molar-refractivity contribution in [2.75, 3.05) is 36.9 Å². The maximum atomic E-state index is 13.2. The molecule has 0 radical (unpaired) electrons. The summed E-state index contributed by atoms with van der Waals surface area (Å²) >= 11 is 1.61. The Labute approximate surface area is 199 Å². The lowest BCUT2D eigenvalue weighted by molar-refractivity contribution is 0.384. The molecule has 1 aliphatic heterocycles. The smallest absolute Gasteiger partial charge is 0.262 e. The number of ether oxygens (including phenoxy) is 2. The number of rotatable bonds is 7. The number of benzene rings is 2. The van der Waals surface area contributed by atoms with Gasteiger partial charge in [-0.1, -0.05) is 18.2 Å². The fraction of sp³-hybridized carbons (Fsp3) is 0.333. The molecule has 3 aromatic rings. The number of hydrogen-bond donors (Lipinski definition) is 2. The molecule has 9 heteroatoms. The Morgan fingerprint density at radius 2 is 1.67 bits per heavy atom. The van der Waals surface area contributed by atoms with Gasteiger partial charge in [0, 0.05) is 36.1 Å². The van der Waals surface area contributed by atoms with Crippen molar-refractivity contribution in [3.63, 3.8) is 0 Å². The van der Waals surface area contributed by atoms with Gasteiger partial charge in [-0.2, -0.15) is 0 Å². The molecule has 0 spiro atoms. The third kappa shape index (κ3) is 5.10. The summed E-state index contributed by atoms with van der Waals surface area (Å²) in [4.78, 5) is 3.48. The van der Waals surface area contributed by atoms with Crippen LogP contribution in [0.25, 0.3) is 10.4 Å². The SMILES string of the molecule is COc1cc(OC)c(N2CC(C)NC(C)C2)cc1NS(=O)(=O)c1ccc(-c2cccs2)cc1. The molecular formula is C24H29N3O4S2. The van der Waals surface area contributed by atoms with Gasteiger partial charge in [-0.15, -0.1) is 11.3 Å². The van der Waals surface area contributed by atoms with E-state index in [-0.39, 0.29) is 4.90 Å². The minimum atomic E-state index is -3.82. The van der Waals surface area contributed by atoms with E-state index in [1.807, 2.05) is 29.6 Å². The molecular weight excluding hydrogens is 458 g/mol. The van der Waals surface area contributed by atoms with Crippen molar-refractivity contribution in [3.8, 4) is 21.9 Å². The summed E-state index contributed by atoms with van der Waals surface area (Å²) < 4.78 is 40.2. The van der Waals surface area contributed by atoms with Gasteiger partial charge in [0.15, 0.2) is 0 Å². The zero-order valence-corrected chi connectivity index (χ0v) is 20.8. The van der Waals surface area contributed by atoms with Crippen LogP contribution in [0.5, 0.6) is 11.5 Å². The van der Waals surface area contributed by atoms with Gasteiger partial charge in [0.05, 0.1) is 30.5 Å². The normalized spacial score (nSPS) is 18.7. The van der Waals surface area contributed by atoms with Crippen molar-refractivity contribution in [2.24, 2.45) is 0 Å². The minimum Gasteiger partial charge on any atom is -0.494 e. The maximum Gasteiger partial charge on any atom is 0.262 e. The number of methoxy groups -OCH3 is 2. The van der Waals surface area contributed by atoms with Crippen LogP contribution in [0, 0.1) is 0 Å². The largest absolute Gasteiger partial charge is 0.494 e. The summed E-state index contributed by atoms with van der Waals surface area (Å²) in [5.74, 6) is 1.03. The highest BCUT2D eigenvalue weighted by Gasteiger charge is 2.26. The van der Waals surface area contributed by atoms with E-state index >= 15 is 0 Å². The second kappa shape index (κ2) is 9.62. The fourth-order valence-electron chi connectivity index (χ4n) is 4.18. The van der Waals surface area contributed by atoms with Crippen LogP contribution in [0.4, 0.5) is 11.4 Å². The molecule has 0 amide bonds. The summed E-state index contributed by atoms with van der Waals surface area (Å²) in [6.07, 6.45) is 0. The number of nitrogens with one attached hydrogen (secondary N) is 2. The Hall–Kier alpha value is -2.75.